The monoisotopic (exact) mass is 328 g/mol. The largest absolute Gasteiger partial charge is 0.490 e. The minimum atomic E-state index is -1.000. The third-order valence-corrected chi connectivity index (χ3v) is 3.66. The summed E-state index contributed by atoms with van der Waals surface area (Å²) >= 11 is 0. The van der Waals surface area contributed by atoms with Crippen LogP contribution in [0.2, 0.25) is 0 Å². The van der Waals surface area contributed by atoms with Crippen molar-refractivity contribution >= 4 is 5.97 Å². The van der Waals surface area contributed by atoms with E-state index in [1.807, 2.05) is 12.1 Å². The summed E-state index contributed by atoms with van der Waals surface area (Å²) in [4.78, 5) is 11.2. The summed E-state index contributed by atoms with van der Waals surface area (Å²) in [6, 6.07) is 12.7. The van der Waals surface area contributed by atoms with E-state index in [-0.39, 0.29) is 17.6 Å². The van der Waals surface area contributed by atoms with Crippen LogP contribution < -0.4 is 9.47 Å². The SMILES string of the molecule is Cc1ccc(OCCOc2ccccc2C(=O)O)c(C(C)(C)C)c1. The normalized spacial score (nSPS) is 11.2. The van der Waals surface area contributed by atoms with Gasteiger partial charge in [0.25, 0.3) is 0 Å². The molecule has 0 spiro atoms. The first-order valence-electron chi connectivity index (χ1n) is 7.98. The molecule has 0 heterocycles. The van der Waals surface area contributed by atoms with Crippen LogP contribution >= 0.6 is 0 Å². The first-order valence-corrected chi connectivity index (χ1v) is 7.98. The summed E-state index contributed by atoms with van der Waals surface area (Å²) in [5.41, 5.74) is 2.48. The molecule has 0 saturated carbocycles. The van der Waals surface area contributed by atoms with Gasteiger partial charge >= 0.3 is 5.97 Å². The average Bonchev–Trinajstić information content (AvgIpc) is 2.52. The standard InChI is InChI=1S/C20H24O4/c1-14-9-10-18(16(13-14)20(2,3)4)24-12-11-23-17-8-6-5-7-15(17)19(21)22/h5-10,13H,11-12H2,1-4H3,(H,21,22). The van der Waals surface area contributed by atoms with Crippen LogP contribution in [0.25, 0.3) is 0 Å². The molecule has 0 aliphatic heterocycles. The molecular weight excluding hydrogens is 304 g/mol. The summed E-state index contributed by atoms with van der Waals surface area (Å²) in [6.45, 7) is 9.13. The Hall–Kier alpha value is -2.49. The van der Waals surface area contributed by atoms with Gasteiger partial charge in [0.05, 0.1) is 0 Å². The molecule has 24 heavy (non-hydrogen) atoms. The third kappa shape index (κ3) is 4.51. The van der Waals surface area contributed by atoms with E-state index >= 15 is 0 Å². The second-order valence-electron chi connectivity index (χ2n) is 6.75. The fourth-order valence-electron chi connectivity index (χ4n) is 2.43. The highest BCUT2D eigenvalue weighted by Gasteiger charge is 2.19. The summed E-state index contributed by atoms with van der Waals surface area (Å²) in [6.07, 6.45) is 0. The van der Waals surface area contributed by atoms with Crippen LogP contribution in [0, 0.1) is 6.92 Å². The number of aromatic carboxylic acids is 1. The van der Waals surface area contributed by atoms with Crippen LogP contribution in [0.4, 0.5) is 0 Å². The number of carboxylic acids is 1. The molecule has 128 valence electrons. The molecular formula is C20H24O4. The predicted molar refractivity (Wildman–Crippen MR) is 94.3 cm³/mol. The van der Waals surface area contributed by atoms with E-state index in [2.05, 4.69) is 33.8 Å². The first kappa shape index (κ1) is 17.9. The molecule has 2 aromatic rings. The van der Waals surface area contributed by atoms with Crippen LogP contribution in [0.15, 0.2) is 42.5 Å². The van der Waals surface area contributed by atoms with Crippen molar-refractivity contribution in [2.45, 2.75) is 33.1 Å². The molecule has 1 N–H and O–H groups in total. The summed E-state index contributed by atoms with van der Waals surface area (Å²) < 4.78 is 11.4. The van der Waals surface area contributed by atoms with Gasteiger partial charge in [-0.3, -0.25) is 0 Å². The van der Waals surface area contributed by atoms with E-state index in [0.29, 0.717) is 12.4 Å². The molecule has 0 saturated heterocycles. The highest BCUT2D eigenvalue weighted by Crippen LogP contribution is 2.32. The lowest BCUT2D eigenvalue weighted by Crippen LogP contribution is -2.16. The Morgan fingerprint density at radius 2 is 1.62 bits per heavy atom. The molecule has 0 atom stereocenters. The maximum Gasteiger partial charge on any atom is 0.339 e. The van der Waals surface area contributed by atoms with Crippen molar-refractivity contribution in [3.63, 3.8) is 0 Å². The smallest absolute Gasteiger partial charge is 0.339 e. The zero-order chi connectivity index (χ0) is 17.7. The molecule has 0 unspecified atom stereocenters. The molecule has 4 heteroatoms. The molecule has 0 radical (unpaired) electrons. The lowest BCUT2D eigenvalue weighted by atomic mass is 9.85. The summed E-state index contributed by atoms with van der Waals surface area (Å²) in [5.74, 6) is 0.192. The minimum Gasteiger partial charge on any atom is -0.490 e. The van der Waals surface area contributed by atoms with Crippen LogP contribution in [0.5, 0.6) is 11.5 Å². The molecule has 0 fully saturated rings. The Kier molecular flexibility index (Phi) is 5.50. The maximum atomic E-state index is 11.2. The van der Waals surface area contributed by atoms with Crippen molar-refractivity contribution in [1.82, 2.24) is 0 Å². The fourth-order valence-corrected chi connectivity index (χ4v) is 2.43. The Bertz CT molecular complexity index is 714. The molecule has 0 aliphatic rings. The van der Waals surface area contributed by atoms with E-state index in [1.54, 1.807) is 18.2 Å². The number of benzene rings is 2. The number of ether oxygens (including phenoxy) is 2. The van der Waals surface area contributed by atoms with Gasteiger partial charge in [0, 0.05) is 0 Å². The average molecular weight is 328 g/mol. The van der Waals surface area contributed by atoms with Gasteiger partial charge in [0.1, 0.15) is 30.3 Å². The predicted octanol–water partition coefficient (Wildman–Crippen LogP) is 4.45. The van der Waals surface area contributed by atoms with Gasteiger partial charge in [-0.2, -0.15) is 0 Å². The third-order valence-electron chi connectivity index (χ3n) is 3.66. The van der Waals surface area contributed by atoms with Crippen LogP contribution in [-0.4, -0.2) is 24.3 Å². The zero-order valence-corrected chi connectivity index (χ0v) is 14.6. The second-order valence-corrected chi connectivity index (χ2v) is 6.75. The van der Waals surface area contributed by atoms with Crippen molar-refractivity contribution in [2.75, 3.05) is 13.2 Å². The Morgan fingerprint density at radius 1 is 1.00 bits per heavy atom. The number of carbonyl (C=O) groups is 1. The van der Waals surface area contributed by atoms with Crippen molar-refractivity contribution in [3.05, 3.63) is 59.2 Å². The highest BCUT2D eigenvalue weighted by molar-refractivity contribution is 5.90. The van der Waals surface area contributed by atoms with Crippen molar-refractivity contribution < 1.29 is 19.4 Å². The zero-order valence-electron chi connectivity index (χ0n) is 14.6. The maximum absolute atomic E-state index is 11.2. The molecule has 0 bridgehead atoms. The quantitative estimate of drug-likeness (QED) is 0.796. The lowest BCUT2D eigenvalue weighted by molar-refractivity contribution is 0.0691. The van der Waals surface area contributed by atoms with E-state index in [9.17, 15) is 4.79 Å². The van der Waals surface area contributed by atoms with Gasteiger partial charge in [-0.25, -0.2) is 4.79 Å². The van der Waals surface area contributed by atoms with Crippen LogP contribution in [0.3, 0.4) is 0 Å². The second kappa shape index (κ2) is 7.39. The minimum absolute atomic E-state index is 0.0158. The van der Waals surface area contributed by atoms with Crippen LogP contribution in [0.1, 0.15) is 42.3 Å². The van der Waals surface area contributed by atoms with E-state index in [1.165, 1.54) is 11.6 Å². The number of carboxylic acid groups (broad SMARTS) is 1. The van der Waals surface area contributed by atoms with Gasteiger partial charge in [-0.15, -0.1) is 0 Å². The summed E-state index contributed by atoms with van der Waals surface area (Å²) in [7, 11) is 0. The van der Waals surface area contributed by atoms with Gasteiger partial charge < -0.3 is 14.6 Å². The van der Waals surface area contributed by atoms with Crippen molar-refractivity contribution in [2.24, 2.45) is 0 Å². The molecule has 0 amide bonds. The molecule has 0 aromatic heterocycles. The summed E-state index contributed by atoms with van der Waals surface area (Å²) in [5, 5.41) is 9.14. The van der Waals surface area contributed by atoms with E-state index in [4.69, 9.17) is 14.6 Å². The van der Waals surface area contributed by atoms with Gasteiger partial charge in [-0.05, 0) is 36.1 Å². The Balaban J connectivity index is 2.00. The van der Waals surface area contributed by atoms with E-state index < -0.39 is 5.97 Å². The van der Waals surface area contributed by atoms with Crippen molar-refractivity contribution in [1.29, 1.82) is 0 Å². The van der Waals surface area contributed by atoms with Gasteiger partial charge in [-0.1, -0.05) is 50.6 Å². The molecule has 2 aromatic carbocycles. The van der Waals surface area contributed by atoms with Crippen molar-refractivity contribution in [3.8, 4) is 11.5 Å². The lowest BCUT2D eigenvalue weighted by Gasteiger charge is -2.23. The number of aryl methyl sites for hydroxylation is 1. The molecule has 4 nitrogen and oxygen atoms in total. The topological polar surface area (TPSA) is 55.8 Å². The number of hydrogen-bond acceptors (Lipinski definition) is 3. The van der Waals surface area contributed by atoms with Gasteiger partial charge in [0.15, 0.2) is 0 Å². The Morgan fingerprint density at radius 3 is 2.25 bits per heavy atom. The molecule has 0 aliphatic carbocycles. The Labute approximate surface area is 143 Å². The molecule has 2 rings (SSSR count). The fraction of sp³-hybridized carbons (Fsp3) is 0.350. The first-order chi connectivity index (χ1) is 11.3. The number of para-hydroxylation sites is 1. The number of hydrogen-bond donors (Lipinski definition) is 1. The highest BCUT2D eigenvalue weighted by atomic mass is 16.5. The van der Waals surface area contributed by atoms with Crippen LogP contribution in [-0.2, 0) is 5.41 Å². The van der Waals surface area contributed by atoms with E-state index in [0.717, 1.165) is 11.3 Å². The van der Waals surface area contributed by atoms with Gasteiger partial charge in [0.2, 0.25) is 0 Å². The number of rotatable bonds is 6.